The van der Waals surface area contributed by atoms with Gasteiger partial charge in [-0.1, -0.05) is 36.4 Å². The van der Waals surface area contributed by atoms with Gasteiger partial charge in [0.2, 0.25) is 5.91 Å². The van der Waals surface area contributed by atoms with Gasteiger partial charge in [-0.05, 0) is 42.0 Å². The summed E-state index contributed by atoms with van der Waals surface area (Å²) in [4.78, 5) is 30.4. The van der Waals surface area contributed by atoms with Crippen molar-refractivity contribution < 1.29 is 23.8 Å². The van der Waals surface area contributed by atoms with E-state index in [9.17, 15) is 9.59 Å². The molecule has 0 unspecified atom stereocenters. The summed E-state index contributed by atoms with van der Waals surface area (Å²) in [6.45, 7) is -0.121. The number of ether oxygens (including phenoxy) is 3. The van der Waals surface area contributed by atoms with Gasteiger partial charge in [-0.2, -0.15) is 0 Å². The lowest BCUT2D eigenvalue weighted by molar-refractivity contribution is -0.128. The van der Waals surface area contributed by atoms with Crippen molar-refractivity contribution in [3.63, 3.8) is 0 Å². The molecule has 164 valence electrons. The van der Waals surface area contributed by atoms with Crippen LogP contribution in [0.15, 0.2) is 72.8 Å². The zero-order valence-corrected chi connectivity index (χ0v) is 18.1. The van der Waals surface area contributed by atoms with Crippen LogP contribution >= 0.6 is 0 Å². The molecular formula is C25H24N2O5. The smallest absolute Gasteiger partial charge is 0.255 e. The summed E-state index contributed by atoms with van der Waals surface area (Å²) < 4.78 is 16.2. The number of methoxy groups -OCH3 is 3. The minimum atomic E-state index is -0.886. The molecule has 0 aliphatic carbocycles. The Morgan fingerprint density at radius 1 is 0.719 bits per heavy atom. The fourth-order valence-electron chi connectivity index (χ4n) is 3.93. The third kappa shape index (κ3) is 3.73. The van der Waals surface area contributed by atoms with Gasteiger partial charge in [-0.3, -0.25) is 19.4 Å². The normalized spacial score (nSPS) is 16.2. The van der Waals surface area contributed by atoms with E-state index >= 15 is 0 Å². The maximum absolute atomic E-state index is 13.9. The summed E-state index contributed by atoms with van der Waals surface area (Å²) in [5.41, 5.74) is 1.75. The van der Waals surface area contributed by atoms with Gasteiger partial charge >= 0.3 is 0 Å². The Balaban J connectivity index is 1.85. The molecule has 2 amide bonds. The quantitative estimate of drug-likeness (QED) is 0.592. The third-order valence-corrected chi connectivity index (χ3v) is 5.47. The van der Waals surface area contributed by atoms with E-state index in [2.05, 4.69) is 0 Å². The second kappa shape index (κ2) is 9.01. The maximum atomic E-state index is 13.9. The number of piperazine rings is 1. The summed E-state index contributed by atoms with van der Waals surface area (Å²) in [7, 11) is 4.66. The van der Waals surface area contributed by atoms with Gasteiger partial charge in [0.25, 0.3) is 5.91 Å². The lowest BCUT2D eigenvalue weighted by Crippen LogP contribution is -2.56. The average Bonchev–Trinajstić information content (AvgIpc) is 2.85. The van der Waals surface area contributed by atoms with Gasteiger partial charge < -0.3 is 14.2 Å². The topological polar surface area (TPSA) is 68.3 Å². The van der Waals surface area contributed by atoms with Crippen molar-refractivity contribution in [2.75, 3.05) is 37.7 Å². The van der Waals surface area contributed by atoms with Gasteiger partial charge in [-0.15, -0.1) is 0 Å². The van der Waals surface area contributed by atoms with E-state index in [1.807, 2.05) is 24.3 Å². The van der Waals surface area contributed by atoms with E-state index in [1.165, 1.54) is 16.9 Å². The molecule has 4 rings (SSSR count). The summed E-state index contributed by atoms with van der Waals surface area (Å²) in [5, 5.41) is 0. The van der Waals surface area contributed by atoms with Crippen molar-refractivity contribution >= 4 is 23.2 Å². The molecule has 1 aliphatic heterocycles. The Hall–Kier alpha value is -4.00. The first-order valence-electron chi connectivity index (χ1n) is 10.1. The number of rotatable bonds is 6. The number of hydrogen-bond acceptors (Lipinski definition) is 5. The van der Waals surface area contributed by atoms with Crippen LogP contribution in [-0.2, 0) is 9.59 Å². The summed E-state index contributed by atoms with van der Waals surface area (Å²) >= 11 is 0. The summed E-state index contributed by atoms with van der Waals surface area (Å²) in [6.07, 6.45) is 0. The minimum Gasteiger partial charge on any atom is -0.497 e. The summed E-state index contributed by atoms with van der Waals surface area (Å²) in [5.74, 6) is 1.21. The molecule has 0 aromatic heterocycles. The number of carbonyl (C=O) groups excluding carboxylic acids is 2. The van der Waals surface area contributed by atoms with E-state index in [4.69, 9.17) is 14.2 Å². The Morgan fingerprint density at radius 2 is 1.28 bits per heavy atom. The molecule has 3 aromatic rings. The molecule has 1 aliphatic rings. The van der Waals surface area contributed by atoms with Crippen LogP contribution in [0.25, 0.3) is 0 Å². The van der Waals surface area contributed by atoms with E-state index in [0.29, 0.717) is 34.2 Å². The standard InChI is InChI=1S/C25H24N2O5/c1-30-18-14-12-17(13-15-18)24-25(29)26(19-8-4-6-10-21(19)31-2)16-23(28)27(24)20-9-5-7-11-22(20)32-3/h4-15,24H,16H2,1-3H3/t24-/m1/s1. The molecule has 0 spiro atoms. The Labute approximate surface area is 186 Å². The predicted octanol–water partition coefficient (Wildman–Crippen LogP) is 3.83. The second-order valence-electron chi connectivity index (χ2n) is 7.21. The van der Waals surface area contributed by atoms with E-state index in [0.717, 1.165) is 0 Å². The van der Waals surface area contributed by atoms with Gasteiger partial charge in [0.15, 0.2) is 0 Å². The van der Waals surface area contributed by atoms with Crippen molar-refractivity contribution in [2.45, 2.75) is 6.04 Å². The molecule has 0 N–H and O–H groups in total. The highest BCUT2D eigenvalue weighted by Gasteiger charge is 2.43. The molecule has 1 fully saturated rings. The highest BCUT2D eigenvalue weighted by atomic mass is 16.5. The first kappa shape index (κ1) is 21.2. The van der Waals surface area contributed by atoms with Crippen LogP contribution in [0.5, 0.6) is 17.2 Å². The molecule has 0 bridgehead atoms. The van der Waals surface area contributed by atoms with Crippen LogP contribution in [0.2, 0.25) is 0 Å². The van der Waals surface area contributed by atoms with Crippen LogP contribution in [0.4, 0.5) is 11.4 Å². The molecule has 1 saturated heterocycles. The van der Waals surface area contributed by atoms with Gasteiger partial charge in [0.1, 0.15) is 29.8 Å². The monoisotopic (exact) mass is 432 g/mol. The first-order chi connectivity index (χ1) is 15.6. The number of amides is 2. The van der Waals surface area contributed by atoms with Gasteiger partial charge in [0, 0.05) is 0 Å². The molecule has 3 aromatic carbocycles. The van der Waals surface area contributed by atoms with E-state index in [-0.39, 0.29) is 18.4 Å². The Kier molecular flexibility index (Phi) is 5.98. The molecule has 7 nitrogen and oxygen atoms in total. The van der Waals surface area contributed by atoms with Crippen molar-refractivity contribution in [3.05, 3.63) is 78.4 Å². The number of hydrogen-bond donors (Lipinski definition) is 0. The molecular weight excluding hydrogens is 408 g/mol. The number of nitrogens with zero attached hydrogens (tertiary/aromatic N) is 2. The number of anilines is 2. The van der Waals surface area contributed by atoms with Gasteiger partial charge in [-0.25, -0.2) is 0 Å². The molecule has 32 heavy (non-hydrogen) atoms. The molecule has 0 saturated carbocycles. The second-order valence-corrected chi connectivity index (χ2v) is 7.21. The van der Waals surface area contributed by atoms with E-state index < -0.39 is 6.04 Å². The highest BCUT2D eigenvalue weighted by Crippen LogP contribution is 2.40. The molecule has 0 radical (unpaired) electrons. The minimum absolute atomic E-state index is 0.121. The van der Waals surface area contributed by atoms with Crippen molar-refractivity contribution in [3.8, 4) is 17.2 Å². The van der Waals surface area contributed by atoms with Crippen molar-refractivity contribution in [1.29, 1.82) is 0 Å². The number of benzene rings is 3. The van der Waals surface area contributed by atoms with Crippen LogP contribution in [0.3, 0.4) is 0 Å². The fourth-order valence-corrected chi connectivity index (χ4v) is 3.93. The SMILES string of the molecule is COc1ccc([C@@H]2C(=O)N(c3ccccc3OC)CC(=O)N2c2ccccc2OC)cc1. The van der Waals surface area contributed by atoms with Gasteiger partial charge in [0.05, 0.1) is 32.7 Å². The zero-order valence-electron chi connectivity index (χ0n) is 18.1. The molecule has 1 heterocycles. The van der Waals surface area contributed by atoms with Crippen molar-refractivity contribution in [2.24, 2.45) is 0 Å². The average molecular weight is 432 g/mol. The van der Waals surface area contributed by atoms with Crippen molar-refractivity contribution in [1.82, 2.24) is 0 Å². The maximum Gasteiger partial charge on any atom is 0.255 e. The van der Waals surface area contributed by atoms with Crippen LogP contribution < -0.4 is 24.0 Å². The molecule has 1 atom stereocenters. The van der Waals surface area contributed by atoms with E-state index in [1.54, 1.807) is 62.8 Å². The van der Waals surface area contributed by atoms with Crippen LogP contribution in [0.1, 0.15) is 11.6 Å². The largest absolute Gasteiger partial charge is 0.497 e. The number of carbonyl (C=O) groups is 2. The zero-order chi connectivity index (χ0) is 22.7. The Bertz CT molecular complexity index is 1130. The number of para-hydroxylation sites is 4. The lowest BCUT2D eigenvalue weighted by atomic mass is 9.99. The molecule has 7 heteroatoms. The lowest BCUT2D eigenvalue weighted by Gasteiger charge is -2.41. The van der Waals surface area contributed by atoms with Crippen LogP contribution in [0, 0.1) is 0 Å². The Morgan fingerprint density at radius 3 is 1.88 bits per heavy atom. The van der Waals surface area contributed by atoms with Crippen LogP contribution in [-0.4, -0.2) is 39.7 Å². The summed E-state index contributed by atoms with van der Waals surface area (Å²) in [6, 6.07) is 20.6. The predicted molar refractivity (Wildman–Crippen MR) is 122 cm³/mol. The first-order valence-corrected chi connectivity index (χ1v) is 10.1. The highest BCUT2D eigenvalue weighted by molar-refractivity contribution is 6.15. The fraction of sp³-hybridized carbons (Fsp3) is 0.200. The third-order valence-electron chi connectivity index (χ3n) is 5.47.